The predicted octanol–water partition coefficient (Wildman–Crippen LogP) is 2.82. The van der Waals surface area contributed by atoms with E-state index in [2.05, 4.69) is 16.5 Å². The van der Waals surface area contributed by atoms with E-state index >= 15 is 0 Å². The molecule has 5 heteroatoms. The van der Waals surface area contributed by atoms with Crippen molar-refractivity contribution >= 4 is 17.2 Å². The number of hydrogen-bond donors (Lipinski definition) is 1. The second kappa shape index (κ2) is 4.30. The number of primary amides is 1. The van der Waals surface area contributed by atoms with E-state index in [1.807, 2.05) is 29.9 Å². The summed E-state index contributed by atoms with van der Waals surface area (Å²) in [6, 6.07) is 9.78. The fourth-order valence-electron chi connectivity index (χ4n) is 3.00. The minimum atomic E-state index is -0.384. The summed E-state index contributed by atoms with van der Waals surface area (Å²) in [7, 11) is 1.97. The van der Waals surface area contributed by atoms with Crippen LogP contribution in [0.1, 0.15) is 21.5 Å². The Hall–Kier alpha value is -2.40. The third kappa shape index (κ3) is 1.74. The maximum atomic E-state index is 11.3. The molecule has 0 bridgehead atoms. The van der Waals surface area contributed by atoms with Crippen LogP contribution in [0.15, 0.2) is 35.7 Å². The molecule has 0 saturated heterocycles. The summed E-state index contributed by atoms with van der Waals surface area (Å²) >= 11 is 1.69. The molecular weight excluding hydrogens is 282 g/mol. The van der Waals surface area contributed by atoms with E-state index < -0.39 is 0 Å². The van der Waals surface area contributed by atoms with E-state index in [4.69, 9.17) is 5.73 Å². The average Bonchev–Trinajstić information content (AvgIpc) is 3.15. The Labute approximate surface area is 125 Å². The molecule has 4 rings (SSSR count). The van der Waals surface area contributed by atoms with Crippen molar-refractivity contribution in [2.75, 3.05) is 0 Å². The second-order valence-electron chi connectivity index (χ2n) is 5.19. The zero-order valence-corrected chi connectivity index (χ0v) is 12.3. The molecule has 1 amide bonds. The van der Waals surface area contributed by atoms with Gasteiger partial charge in [-0.3, -0.25) is 9.48 Å². The molecule has 104 valence electrons. The summed E-state index contributed by atoms with van der Waals surface area (Å²) in [6.07, 6.45) is 0.798. The average molecular weight is 295 g/mol. The van der Waals surface area contributed by atoms with Gasteiger partial charge < -0.3 is 5.73 Å². The molecule has 1 aromatic carbocycles. The monoisotopic (exact) mass is 295 g/mol. The van der Waals surface area contributed by atoms with Crippen LogP contribution in [0.2, 0.25) is 0 Å². The molecule has 2 aromatic heterocycles. The Kier molecular flexibility index (Phi) is 2.53. The highest BCUT2D eigenvalue weighted by Gasteiger charge is 2.27. The fourth-order valence-corrected chi connectivity index (χ4v) is 3.73. The van der Waals surface area contributed by atoms with Crippen molar-refractivity contribution in [3.63, 3.8) is 0 Å². The Bertz CT molecular complexity index is 862. The van der Waals surface area contributed by atoms with Crippen LogP contribution < -0.4 is 5.73 Å². The SMILES string of the molecule is Cn1nc(-c2cccs2)c2c1-c1ccc(C(N)=O)cc1C2. The number of rotatable bonds is 2. The topological polar surface area (TPSA) is 60.9 Å². The molecule has 0 unspecified atom stereocenters. The number of thiophene rings is 1. The van der Waals surface area contributed by atoms with Gasteiger partial charge in [0.15, 0.2) is 0 Å². The standard InChI is InChI=1S/C16H13N3OS/c1-19-15-11-5-4-9(16(17)20)7-10(11)8-12(15)14(18-19)13-3-2-6-21-13/h2-7H,8H2,1H3,(H2,17,20). The number of amides is 1. The smallest absolute Gasteiger partial charge is 0.248 e. The van der Waals surface area contributed by atoms with E-state index in [0.29, 0.717) is 5.56 Å². The molecular formula is C16H13N3OS. The van der Waals surface area contributed by atoms with Crippen LogP contribution in [0.3, 0.4) is 0 Å². The van der Waals surface area contributed by atoms with E-state index in [-0.39, 0.29) is 5.91 Å². The molecule has 2 N–H and O–H groups in total. The van der Waals surface area contributed by atoms with Crippen molar-refractivity contribution in [3.05, 3.63) is 52.4 Å². The summed E-state index contributed by atoms with van der Waals surface area (Å²) < 4.78 is 1.93. The van der Waals surface area contributed by atoms with E-state index in [9.17, 15) is 4.79 Å². The molecule has 4 nitrogen and oxygen atoms in total. The Balaban J connectivity index is 1.90. The molecule has 0 spiro atoms. The maximum Gasteiger partial charge on any atom is 0.248 e. The maximum absolute atomic E-state index is 11.3. The number of benzene rings is 1. The minimum Gasteiger partial charge on any atom is -0.366 e. The zero-order valence-electron chi connectivity index (χ0n) is 11.5. The first-order valence-corrected chi connectivity index (χ1v) is 7.56. The molecule has 0 atom stereocenters. The molecule has 0 radical (unpaired) electrons. The van der Waals surface area contributed by atoms with Gasteiger partial charge in [-0.15, -0.1) is 11.3 Å². The largest absolute Gasteiger partial charge is 0.366 e. The van der Waals surface area contributed by atoms with Crippen LogP contribution in [0, 0.1) is 0 Å². The normalized spacial score (nSPS) is 12.2. The summed E-state index contributed by atoms with van der Waals surface area (Å²) in [5.41, 5.74) is 11.6. The first kappa shape index (κ1) is 12.3. The molecule has 0 aliphatic heterocycles. The second-order valence-corrected chi connectivity index (χ2v) is 6.14. The van der Waals surface area contributed by atoms with Crippen LogP contribution in [0.5, 0.6) is 0 Å². The molecule has 0 fully saturated rings. The van der Waals surface area contributed by atoms with Crippen LogP contribution in [0.25, 0.3) is 21.8 Å². The number of carbonyl (C=O) groups excluding carboxylic acids is 1. The van der Waals surface area contributed by atoms with Gasteiger partial charge in [0.25, 0.3) is 0 Å². The third-order valence-corrected chi connectivity index (χ3v) is 4.79. The summed E-state index contributed by atoms with van der Waals surface area (Å²) in [6.45, 7) is 0. The lowest BCUT2D eigenvalue weighted by Crippen LogP contribution is -2.11. The molecule has 1 aliphatic carbocycles. The van der Waals surface area contributed by atoms with Gasteiger partial charge in [0.2, 0.25) is 5.91 Å². The Morgan fingerprint density at radius 3 is 2.95 bits per heavy atom. The van der Waals surface area contributed by atoms with Crippen molar-refractivity contribution in [1.82, 2.24) is 9.78 Å². The molecule has 2 heterocycles. The van der Waals surface area contributed by atoms with Crippen LogP contribution in [0.4, 0.5) is 0 Å². The van der Waals surface area contributed by atoms with Gasteiger partial charge >= 0.3 is 0 Å². The van der Waals surface area contributed by atoms with Crippen LogP contribution >= 0.6 is 11.3 Å². The highest BCUT2D eigenvalue weighted by molar-refractivity contribution is 7.13. The quantitative estimate of drug-likeness (QED) is 0.618. The van der Waals surface area contributed by atoms with E-state index in [0.717, 1.165) is 28.9 Å². The number of hydrogen-bond acceptors (Lipinski definition) is 3. The van der Waals surface area contributed by atoms with Crippen LogP contribution in [-0.4, -0.2) is 15.7 Å². The Morgan fingerprint density at radius 1 is 1.38 bits per heavy atom. The molecule has 1 aliphatic rings. The zero-order chi connectivity index (χ0) is 14.6. The molecule has 21 heavy (non-hydrogen) atoms. The lowest BCUT2D eigenvalue weighted by molar-refractivity contribution is 0.1000. The Morgan fingerprint density at radius 2 is 2.24 bits per heavy atom. The van der Waals surface area contributed by atoms with Crippen molar-refractivity contribution in [2.45, 2.75) is 6.42 Å². The molecule has 3 aromatic rings. The van der Waals surface area contributed by atoms with Gasteiger partial charge in [0.05, 0.1) is 10.6 Å². The lowest BCUT2D eigenvalue weighted by Gasteiger charge is -2.04. The first-order valence-electron chi connectivity index (χ1n) is 6.68. The van der Waals surface area contributed by atoms with Gasteiger partial charge in [0.1, 0.15) is 5.69 Å². The van der Waals surface area contributed by atoms with Gasteiger partial charge in [-0.05, 0) is 29.1 Å². The predicted molar refractivity (Wildman–Crippen MR) is 83.3 cm³/mol. The van der Waals surface area contributed by atoms with Crippen molar-refractivity contribution < 1.29 is 4.79 Å². The number of aromatic nitrogens is 2. The number of nitrogens with two attached hydrogens (primary N) is 1. The highest BCUT2D eigenvalue weighted by atomic mass is 32.1. The number of fused-ring (bicyclic) bond motifs is 3. The number of aryl methyl sites for hydroxylation is 1. The van der Waals surface area contributed by atoms with Gasteiger partial charge in [0, 0.05) is 30.2 Å². The first-order chi connectivity index (χ1) is 10.1. The summed E-state index contributed by atoms with van der Waals surface area (Å²) in [4.78, 5) is 12.5. The minimum absolute atomic E-state index is 0.384. The highest BCUT2D eigenvalue weighted by Crippen LogP contribution is 2.42. The van der Waals surface area contributed by atoms with E-state index in [1.54, 1.807) is 17.4 Å². The molecule has 0 saturated carbocycles. The summed E-state index contributed by atoms with van der Waals surface area (Å²) in [5.74, 6) is -0.384. The van der Waals surface area contributed by atoms with Crippen LogP contribution in [-0.2, 0) is 13.5 Å². The van der Waals surface area contributed by atoms with Crippen molar-refractivity contribution in [2.24, 2.45) is 12.8 Å². The van der Waals surface area contributed by atoms with Gasteiger partial charge in [-0.2, -0.15) is 5.10 Å². The van der Waals surface area contributed by atoms with Crippen molar-refractivity contribution in [1.29, 1.82) is 0 Å². The lowest BCUT2D eigenvalue weighted by atomic mass is 10.1. The fraction of sp³-hybridized carbons (Fsp3) is 0.125. The van der Waals surface area contributed by atoms with E-state index in [1.165, 1.54) is 10.4 Å². The van der Waals surface area contributed by atoms with Gasteiger partial charge in [-0.25, -0.2) is 0 Å². The summed E-state index contributed by atoms with van der Waals surface area (Å²) in [5, 5.41) is 6.73. The third-order valence-electron chi connectivity index (χ3n) is 3.91. The number of carbonyl (C=O) groups is 1. The number of nitrogens with zero attached hydrogens (tertiary/aromatic N) is 2. The van der Waals surface area contributed by atoms with Crippen molar-refractivity contribution in [3.8, 4) is 21.8 Å². The van der Waals surface area contributed by atoms with Gasteiger partial charge in [-0.1, -0.05) is 12.1 Å².